The van der Waals surface area contributed by atoms with Crippen LogP contribution in [0.5, 0.6) is 0 Å². The first-order chi connectivity index (χ1) is 10.5. The first-order valence-electron chi connectivity index (χ1n) is 7.53. The van der Waals surface area contributed by atoms with Crippen LogP contribution in [-0.4, -0.2) is 17.6 Å². The Labute approximate surface area is 131 Å². The number of benzene rings is 1. The molecule has 0 radical (unpaired) electrons. The predicted octanol–water partition coefficient (Wildman–Crippen LogP) is 2.99. The smallest absolute Gasteiger partial charge is 0.224 e. The van der Waals surface area contributed by atoms with Crippen LogP contribution < -0.4 is 5.32 Å². The molecular formula is C18H23NO3. The van der Waals surface area contributed by atoms with Crippen molar-refractivity contribution in [3.63, 3.8) is 0 Å². The van der Waals surface area contributed by atoms with E-state index >= 15 is 0 Å². The highest BCUT2D eigenvalue weighted by atomic mass is 16.3. The van der Waals surface area contributed by atoms with Crippen molar-refractivity contribution in [2.75, 3.05) is 6.54 Å². The van der Waals surface area contributed by atoms with Gasteiger partial charge in [-0.2, -0.15) is 0 Å². The van der Waals surface area contributed by atoms with Crippen molar-refractivity contribution >= 4 is 5.91 Å². The van der Waals surface area contributed by atoms with Gasteiger partial charge in [0.2, 0.25) is 5.91 Å². The number of carbonyl (C=O) groups excluding carboxylic acids is 1. The topological polar surface area (TPSA) is 62.5 Å². The second-order valence-electron chi connectivity index (χ2n) is 5.69. The normalized spacial score (nSPS) is 12.2. The van der Waals surface area contributed by atoms with Crippen LogP contribution in [0.15, 0.2) is 34.7 Å². The average Bonchev–Trinajstić information content (AvgIpc) is 2.77. The Morgan fingerprint density at radius 1 is 1.27 bits per heavy atom. The molecule has 0 fully saturated rings. The van der Waals surface area contributed by atoms with Crippen molar-refractivity contribution in [1.29, 1.82) is 0 Å². The largest absolute Gasteiger partial charge is 0.466 e. The third-order valence-electron chi connectivity index (χ3n) is 3.63. The van der Waals surface area contributed by atoms with E-state index in [1.807, 2.05) is 51.1 Å². The molecule has 118 valence electrons. The summed E-state index contributed by atoms with van der Waals surface area (Å²) in [5.74, 6) is 1.49. The number of hydrogen-bond acceptors (Lipinski definition) is 3. The predicted molar refractivity (Wildman–Crippen MR) is 85.7 cm³/mol. The van der Waals surface area contributed by atoms with Gasteiger partial charge in [0.15, 0.2) is 0 Å². The zero-order valence-electron chi connectivity index (χ0n) is 13.3. The highest BCUT2D eigenvalue weighted by Gasteiger charge is 2.14. The molecule has 4 heteroatoms. The molecule has 1 aromatic carbocycles. The first kappa shape index (κ1) is 16.3. The summed E-state index contributed by atoms with van der Waals surface area (Å²) in [6.45, 7) is 6.14. The quantitative estimate of drug-likeness (QED) is 0.862. The molecule has 22 heavy (non-hydrogen) atoms. The lowest BCUT2D eigenvalue weighted by atomic mass is 10.1. The lowest BCUT2D eigenvalue weighted by molar-refractivity contribution is -0.120. The van der Waals surface area contributed by atoms with Crippen LogP contribution in [0.1, 0.15) is 40.7 Å². The fraction of sp³-hybridized carbons (Fsp3) is 0.389. The number of hydrogen-bond donors (Lipinski definition) is 2. The van der Waals surface area contributed by atoms with E-state index in [2.05, 4.69) is 5.32 Å². The average molecular weight is 301 g/mol. The Morgan fingerprint density at radius 2 is 2.05 bits per heavy atom. The molecule has 0 saturated heterocycles. The number of aryl methyl sites for hydroxylation is 3. The molecule has 2 rings (SSSR count). The van der Waals surface area contributed by atoms with Gasteiger partial charge in [0.05, 0.1) is 12.5 Å². The van der Waals surface area contributed by atoms with Crippen LogP contribution >= 0.6 is 0 Å². The van der Waals surface area contributed by atoms with E-state index in [1.54, 1.807) is 0 Å². The van der Waals surface area contributed by atoms with Crippen LogP contribution in [0.2, 0.25) is 0 Å². The molecule has 1 amide bonds. The van der Waals surface area contributed by atoms with Crippen molar-refractivity contribution in [2.45, 2.75) is 39.7 Å². The maximum Gasteiger partial charge on any atom is 0.224 e. The molecule has 0 aliphatic carbocycles. The van der Waals surface area contributed by atoms with Crippen LogP contribution in [-0.2, 0) is 11.2 Å². The number of aliphatic hydroxyl groups is 1. The number of aliphatic hydroxyl groups excluding tert-OH is 1. The molecule has 1 atom stereocenters. The Morgan fingerprint density at radius 3 is 2.68 bits per heavy atom. The molecule has 0 aliphatic heterocycles. The van der Waals surface area contributed by atoms with Crippen molar-refractivity contribution in [2.24, 2.45) is 0 Å². The van der Waals surface area contributed by atoms with Gasteiger partial charge in [-0.05, 0) is 38.8 Å². The molecule has 0 bridgehead atoms. The number of furan rings is 1. The van der Waals surface area contributed by atoms with Gasteiger partial charge in [0, 0.05) is 12.1 Å². The summed E-state index contributed by atoms with van der Waals surface area (Å²) in [5, 5.41) is 13.0. The number of carbonyl (C=O) groups is 1. The summed E-state index contributed by atoms with van der Waals surface area (Å²) in [5.41, 5.74) is 2.94. The lowest BCUT2D eigenvalue weighted by Gasteiger charge is -2.11. The molecule has 0 saturated carbocycles. The van der Waals surface area contributed by atoms with Gasteiger partial charge in [-0.1, -0.05) is 29.8 Å². The fourth-order valence-corrected chi connectivity index (χ4v) is 2.56. The minimum Gasteiger partial charge on any atom is -0.466 e. The van der Waals surface area contributed by atoms with Gasteiger partial charge in [-0.25, -0.2) is 0 Å². The second kappa shape index (κ2) is 7.27. The van der Waals surface area contributed by atoms with E-state index < -0.39 is 6.10 Å². The van der Waals surface area contributed by atoms with Gasteiger partial charge < -0.3 is 14.8 Å². The zero-order chi connectivity index (χ0) is 16.1. The molecule has 2 N–H and O–H groups in total. The van der Waals surface area contributed by atoms with E-state index in [1.165, 1.54) is 0 Å². The standard InChI is InChI=1S/C18H23NO3/c1-12-5-4-6-15(9-12)11-18(21)19-8-7-17(20)16-10-13(2)22-14(16)3/h4-6,9-10,17,20H,7-8,11H2,1-3H3,(H,19,21). The third kappa shape index (κ3) is 4.46. The summed E-state index contributed by atoms with van der Waals surface area (Å²) in [6.07, 6.45) is 0.220. The summed E-state index contributed by atoms with van der Waals surface area (Å²) in [6, 6.07) is 9.75. The molecule has 0 spiro atoms. The molecule has 1 unspecified atom stereocenters. The molecule has 1 heterocycles. The van der Waals surface area contributed by atoms with Crippen LogP contribution in [0.25, 0.3) is 0 Å². The first-order valence-corrected chi connectivity index (χ1v) is 7.53. The van der Waals surface area contributed by atoms with E-state index in [-0.39, 0.29) is 5.91 Å². The maximum atomic E-state index is 11.9. The highest BCUT2D eigenvalue weighted by Crippen LogP contribution is 2.23. The third-order valence-corrected chi connectivity index (χ3v) is 3.63. The minimum absolute atomic E-state index is 0.0297. The second-order valence-corrected chi connectivity index (χ2v) is 5.69. The maximum absolute atomic E-state index is 11.9. The monoisotopic (exact) mass is 301 g/mol. The van der Waals surface area contributed by atoms with Gasteiger partial charge in [0.1, 0.15) is 11.5 Å². The van der Waals surface area contributed by atoms with E-state index in [9.17, 15) is 9.90 Å². The molecular weight excluding hydrogens is 278 g/mol. The summed E-state index contributed by atoms with van der Waals surface area (Å²) < 4.78 is 5.41. The number of amides is 1. The van der Waals surface area contributed by atoms with Gasteiger partial charge >= 0.3 is 0 Å². The summed E-state index contributed by atoms with van der Waals surface area (Å²) >= 11 is 0. The van der Waals surface area contributed by atoms with Crippen LogP contribution in [0.4, 0.5) is 0 Å². The number of rotatable bonds is 6. The van der Waals surface area contributed by atoms with E-state index in [0.717, 1.165) is 28.2 Å². The number of nitrogens with one attached hydrogen (secondary N) is 1. The zero-order valence-corrected chi connectivity index (χ0v) is 13.3. The van der Waals surface area contributed by atoms with Crippen molar-refractivity contribution in [3.8, 4) is 0 Å². The molecule has 4 nitrogen and oxygen atoms in total. The molecule has 0 aliphatic rings. The summed E-state index contributed by atoms with van der Waals surface area (Å²) in [4.78, 5) is 11.9. The van der Waals surface area contributed by atoms with E-state index in [4.69, 9.17) is 4.42 Å². The van der Waals surface area contributed by atoms with Gasteiger partial charge in [-0.15, -0.1) is 0 Å². The van der Waals surface area contributed by atoms with Crippen molar-refractivity contribution in [1.82, 2.24) is 5.32 Å². The van der Waals surface area contributed by atoms with Crippen LogP contribution in [0.3, 0.4) is 0 Å². The Hall–Kier alpha value is -2.07. The Bertz CT molecular complexity index is 646. The van der Waals surface area contributed by atoms with Crippen molar-refractivity contribution in [3.05, 3.63) is 58.5 Å². The lowest BCUT2D eigenvalue weighted by Crippen LogP contribution is -2.27. The van der Waals surface area contributed by atoms with Gasteiger partial charge in [-0.3, -0.25) is 4.79 Å². The fourth-order valence-electron chi connectivity index (χ4n) is 2.56. The minimum atomic E-state index is -0.614. The van der Waals surface area contributed by atoms with Crippen LogP contribution in [0, 0.1) is 20.8 Å². The highest BCUT2D eigenvalue weighted by molar-refractivity contribution is 5.78. The van der Waals surface area contributed by atoms with Crippen molar-refractivity contribution < 1.29 is 14.3 Å². The SMILES string of the molecule is Cc1cccc(CC(=O)NCCC(O)c2cc(C)oc2C)c1. The summed E-state index contributed by atoms with van der Waals surface area (Å²) in [7, 11) is 0. The Kier molecular flexibility index (Phi) is 5.39. The van der Waals surface area contributed by atoms with Gasteiger partial charge in [0.25, 0.3) is 0 Å². The molecule has 2 aromatic rings. The van der Waals surface area contributed by atoms with E-state index in [0.29, 0.717) is 19.4 Å². The Balaban J connectivity index is 1.78. The molecule has 1 aromatic heterocycles.